The predicted molar refractivity (Wildman–Crippen MR) is 70.7 cm³/mol. The van der Waals surface area contributed by atoms with E-state index in [1.807, 2.05) is 6.92 Å². The van der Waals surface area contributed by atoms with Gasteiger partial charge in [-0.2, -0.15) is 0 Å². The fraction of sp³-hybridized carbons (Fsp3) is 0.273. The number of pyridine rings is 1. The molecule has 0 radical (unpaired) electrons. The van der Waals surface area contributed by atoms with Crippen molar-refractivity contribution in [3.63, 3.8) is 0 Å². The Hall–Kier alpha value is -0.680. The first-order valence-electron chi connectivity index (χ1n) is 4.96. The smallest absolute Gasteiger partial charge is 0.144 e. The maximum absolute atomic E-state index is 9.57. The Morgan fingerprint density at radius 3 is 2.65 bits per heavy atom. The molecule has 0 aliphatic heterocycles. The highest BCUT2D eigenvalue weighted by molar-refractivity contribution is 7.15. The molecule has 0 aromatic carbocycles. The Bertz CT molecular complexity index is 554. The molecule has 6 heteroatoms. The fourth-order valence-corrected chi connectivity index (χ4v) is 3.01. The van der Waals surface area contributed by atoms with Crippen LogP contribution >= 0.6 is 34.5 Å². The first-order valence-corrected chi connectivity index (χ1v) is 6.53. The summed E-state index contributed by atoms with van der Waals surface area (Å²) < 4.78 is 0. The molecule has 2 aromatic rings. The standard InChI is InChI=1S/C11H10Cl2N2OS/c1-5-10(6(2)16)17-11(15-5)9-8(13)3-7(12)4-14-9/h3-4,6,16H,1-2H3. The van der Waals surface area contributed by atoms with Gasteiger partial charge in [0.1, 0.15) is 10.7 Å². The Morgan fingerprint density at radius 2 is 2.12 bits per heavy atom. The Balaban J connectivity index is 2.50. The molecule has 1 atom stereocenters. The first kappa shape index (κ1) is 12.8. The molecule has 2 aromatic heterocycles. The molecular weight excluding hydrogens is 279 g/mol. The van der Waals surface area contributed by atoms with E-state index in [-0.39, 0.29) is 0 Å². The van der Waals surface area contributed by atoms with Gasteiger partial charge in [0.25, 0.3) is 0 Å². The molecule has 1 unspecified atom stereocenters. The molecule has 0 aliphatic rings. The van der Waals surface area contributed by atoms with Crippen LogP contribution in [-0.2, 0) is 0 Å². The van der Waals surface area contributed by atoms with Crippen molar-refractivity contribution in [1.82, 2.24) is 9.97 Å². The number of nitrogens with zero attached hydrogens (tertiary/aromatic N) is 2. The summed E-state index contributed by atoms with van der Waals surface area (Å²) >= 11 is 13.2. The highest BCUT2D eigenvalue weighted by Crippen LogP contribution is 2.34. The molecule has 0 saturated carbocycles. The zero-order chi connectivity index (χ0) is 12.6. The van der Waals surface area contributed by atoms with Crippen LogP contribution in [0.25, 0.3) is 10.7 Å². The van der Waals surface area contributed by atoms with Gasteiger partial charge in [-0.3, -0.25) is 4.98 Å². The number of thiazole rings is 1. The maximum Gasteiger partial charge on any atom is 0.144 e. The van der Waals surface area contributed by atoms with E-state index in [1.54, 1.807) is 13.0 Å². The van der Waals surface area contributed by atoms with Gasteiger partial charge in [-0.25, -0.2) is 4.98 Å². The van der Waals surface area contributed by atoms with Crippen LogP contribution in [0.3, 0.4) is 0 Å². The molecule has 0 amide bonds. The average Bonchev–Trinajstić information content (AvgIpc) is 2.60. The molecule has 0 fully saturated rings. The van der Waals surface area contributed by atoms with Crippen molar-refractivity contribution in [3.8, 4) is 10.7 Å². The van der Waals surface area contributed by atoms with Crippen molar-refractivity contribution in [2.75, 3.05) is 0 Å². The molecule has 0 saturated heterocycles. The highest BCUT2D eigenvalue weighted by Gasteiger charge is 2.16. The van der Waals surface area contributed by atoms with Crippen molar-refractivity contribution < 1.29 is 5.11 Å². The molecule has 90 valence electrons. The van der Waals surface area contributed by atoms with Gasteiger partial charge < -0.3 is 5.11 Å². The van der Waals surface area contributed by atoms with Crippen molar-refractivity contribution in [1.29, 1.82) is 0 Å². The molecule has 17 heavy (non-hydrogen) atoms. The van der Waals surface area contributed by atoms with E-state index in [9.17, 15) is 5.11 Å². The SMILES string of the molecule is Cc1nc(-c2ncc(Cl)cc2Cl)sc1C(C)O. The largest absolute Gasteiger partial charge is 0.388 e. The van der Waals surface area contributed by atoms with Crippen LogP contribution in [0.1, 0.15) is 23.6 Å². The lowest BCUT2D eigenvalue weighted by Gasteiger charge is -2.00. The van der Waals surface area contributed by atoms with Crippen molar-refractivity contribution in [3.05, 3.63) is 32.9 Å². The topological polar surface area (TPSA) is 46.0 Å². The number of aliphatic hydroxyl groups excluding tert-OH is 1. The minimum atomic E-state index is -0.535. The van der Waals surface area contributed by atoms with Crippen LogP contribution < -0.4 is 0 Å². The average molecular weight is 289 g/mol. The summed E-state index contributed by atoms with van der Waals surface area (Å²) in [6.07, 6.45) is 0.994. The van der Waals surface area contributed by atoms with Crippen LogP contribution in [-0.4, -0.2) is 15.1 Å². The highest BCUT2D eigenvalue weighted by atomic mass is 35.5. The first-order chi connectivity index (χ1) is 7.99. The molecule has 3 nitrogen and oxygen atoms in total. The lowest BCUT2D eigenvalue weighted by Crippen LogP contribution is -1.88. The number of aromatic nitrogens is 2. The van der Waals surface area contributed by atoms with Crippen LogP contribution in [0.15, 0.2) is 12.3 Å². The van der Waals surface area contributed by atoms with Crippen LogP contribution in [0.2, 0.25) is 10.0 Å². The number of halogens is 2. The monoisotopic (exact) mass is 288 g/mol. The maximum atomic E-state index is 9.57. The lowest BCUT2D eigenvalue weighted by atomic mass is 10.3. The normalized spacial score (nSPS) is 12.8. The van der Waals surface area contributed by atoms with Crippen LogP contribution in [0, 0.1) is 6.92 Å². The quantitative estimate of drug-likeness (QED) is 0.912. The number of hydrogen-bond donors (Lipinski definition) is 1. The summed E-state index contributed by atoms with van der Waals surface area (Å²) in [6.45, 7) is 3.56. The molecule has 0 spiro atoms. The second-order valence-electron chi connectivity index (χ2n) is 3.63. The molecule has 1 N–H and O–H groups in total. The minimum Gasteiger partial charge on any atom is -0.388 e. The van der Waals surface area contributed by atoms with E-state index >= 15 is 0 Å². The third-order valence-corrected chi connectivity index (χ3v) is 4.05. The summed E-state index contributed by atoms with van der Waals surface area (Å²) in [5.74, 6) is 0. The van der Waals surface area contributed by atoms with E-state index in [1.165, 1.54) is 17.5 Å². The summed E-state index contributed by atoms with van der Waals surface area (Å²) in [6, 6.07) is 1.63. The van der Waals surface area contributed by atoms with E-state index < -0.39 is 6.10 Å². The van der Waals surface area contributed by atoms with Gasteiger partial charge in [0.05, 0.1) is 26.7 Å². The molecule has 0 aliphatic carbocycles. The Labute approximate surface area is 113 Å². The molecule has 2 rings (SSSR count). The number of hydrogen-bond acceptors (Lipinski definition) is 4. The van der Waals surface area contributed by atoms with Gasteiger partial charge in [-0.05, 0) is 19.9 Å². The number of aliphatic hydroxyl groups is 1. The summed E-state index contributed by atoms with van der Waals surface area (Å²) in [5, 5.41) is 11.2. The van der Waals surface area contributed by atoms with Crippen LogP contribution in [0.4, 0.5) is 0 Å². The molecular formula is C11H10Cl2N2OS. The van der Waals surface area contributed by atoms with Crippen molar-refractivity contribution in [2.24, 2.45) is 0 Å². The zero-order valence-corrected chi connectivity index (χ0v) is 11.6. The van der Waals surface area contributed by atoms with E-state index in [0.717, 1.165) is 10.6 Å². The molecule has 2 heterocycles. The number of rotatable bonds is 2. The predicted octanol–water partition coefficient (Wildman–Crippen LogP) is 3.87. The summed E-state index contributed by atoms with van der Waals surface area (Å²) in [5.41, 5.74) is 1.39. The lowest BCUT2D eigenvalue weighted by molar-refractivity contribution is 0.202. The van der Waals surface area contributed by atoms with E-state index in [4.69, 9.17) is 23.2 Å². The number of aryl methyl sites for hydroxylation is 1. The van der Waals surface area contributed by atoms with Gasteiger partial charge >= 0.3 is 0 Å². The third-order valence-electron chi connectivity index (χ3n) is 2.22. The fourth-order valence-electron chi connectivity index (χ4n) is 1.47. The second kappa shape index (κ2) is 4.90. The summed E-state index contributed by atoms with van der Waals surface area (Å²) in [7, 11) is 0. The van der Waals surface area contributed by atoms with Gasteiger partial charge in [0.2, 0.25) is 0 Å². The van der Waals surface area contributed by atoms with Gasteiger partial charge in [-0.1, -0.05) is 23.2 Å². The third kappa shape index (κ3) is 2.60. The van der Waals surface area contributed by atoms with Gasteiger partial charge in [0, 0.05) is 6.20 Å². The second-order valence-corrected chi connectivity index (χ2v) is 5.50. The molecule has 0 bridgehead atoms. The Kier molecular flexibility index (Phi) is 3.68. The van der Waals surface area contributed by atoms with Crippen LogP contribution in [0.5, 0.6) is 0 Å². The summed E-state index contributed by atoms with van der Waals surface area (Å²) in [4.78, 5) is 9.35. The van der Waals surface area contributed by atoms with Crippen molar-refractivity contribution >= 4 is 34.5 Å². The van der Waals surface area contributed by atoms with E-state index in [2.05, 4.69) is 9.97 Å². The Morgan fingerprint density at radius 1 is 1.41 bits per heavy atom. The van der Waals surface area contributed by atoms with E-state index in [0.29, 0.717) is 20.7 Å². The zero-order valence-electron chi connectivity index (χ0n) is 9.24. The van der Waals surface area contributed by atoms with Gasteiger partial charge in [-0.15, -0.1) is 11.3 Å². The van der Waals surface area contributed by atoms with Crippen molar-refractivity contribution in [2.45, 2.75) is 20.0 Å². The minimum absolute atomic E-state index is 0.461. The van der Waals surface area contributed by atoms with Gasteiger partial charge in [0.15, 0.2) is 0 Å².